The minimum Gasteiger partial charge on any atom is -0.444 e. The molecular formula is C23H33ClN4O4. The zero-order valence-electron chi connectivity index (χ0n) is 19.3. The van der Waals surface area contributed by atoms with Crippen LogP contribution in [0.25, 0.3) is 0 Å². The van der Waals surface area contributed by atoms with Crippen LogP contribution in [0.3, 0.4) is 0 Å². The van der Waals surface area contributed by atoms with Gasteiger partial charge in [0.25, 0.3) is 0 Å². The first-order valence-electron chi connectivity index (χ1n) is 11.0. The molecule has 2 saturated heterocycles. The Hall–Kier alpha value is -2.48. The van der Waals surface area contributed by atoms with Crippen LogP contribution in [0.15, 0.2) is 24.3 Å². The average Bonchev–Trinajstić information content (AvgIpc) is 3.11. The molecule has 2 aliphatic rings. The van der Waals surface area contributed by atoms with Crippen LogP contribution in [-0.4, -0.2) is 53.2 Å². The van der Waals surface area contributed by atoms with Crippen LogP contribution < -0.4 is 16.0 Å². The van der Waals surface area contributed by atoms with Gasteiger partial charge in [0.05, 0.1) is 6.04 Å². The summed E-state index contributed by atoms with van der Waals surface area (Å²) in [4.78, 5) is 38.9. The topological polar surface area (TPSA) is 99.8 Å². The number of carbonyl (C=O) groups is 3. The van der Waals surface area contributed by atoms with E-state index in [0.717, 1.165) is 5.56 Å². The van der Waals surface area contributed by atoms with Crippen LogP contribution in [0, 0.1) is 5.92 Å². The largest absolute Gasteiger partial charge is 0.444 e. The highest BCUT2D eigenvalue weighted by molar-refractivity contribution is 6.30. The number of nitrogens with zero attached hydrogens (tertiary/aromatic N) is 1. The van der Waals surface area contributed by atoms with Gasteiger partial charge in [-0.1, -0.05) is 23.7 Å². The van der Waals surface area contributed by atoms with E-state index >= 15 is 0 Å². The number of halogens is 1. The van der Waals surface area contributed by atoms with Gasteiger partial charge in [0, 0.05) is 23.7 Å². The highest BCUT2D eigenvalue weighted by Gasteiger charge is 2.43. The molecule has 0 saturated carbocycles. The molecule has 1 aromatic rings. The van der Waals surface area contributed by atoms with Crippen LogP contribution in [-0.2, 0) is 9.53 Å². The van der Waals surface area contributed by atoms with E-state index in [4.69, 9.17) is 16.3 Å². The standard InChI is InChI=1S/C23H33ClN4O4/c1-22(2,3)32-21(31)28-11-10-15(12-23(28,4)5)18(14-6-8-16(24)9-7-14)27-19(29)17-13-25-20(30)26-17/h6-9,15,17-18H,10-13H2,1-5H3,(H,27,29)(H2,25,26,30). The van der Waals surface area contributed by atoms with Crippen molar-refractivity contribution >= 4 is 29.6 Å². The van der Waals surface area contributed by atoms with E-state index in [-0.39, 0.29) is 36.5 Å². The number of rotatable bonds is 4. The number of benzene rings is 1. The molecule has 3 N–H and O–H groups in total. The number of ether oxygens (including phenoxy) is 1. The van der Waals surface area contributed by atoms with Gasteiger partial charge >= 0.3 is 12.1 Å². The van der Waals surface area contributed by atoms with Gasteiger partial charge in [-0.25, -0.2) is 9.59 Å². The molecule has 8 nitrogen and oxygen atoms in total. The van der Waals surface area contributed by atoms with E-state index in [1.54, 1.807) is 17.0 Å². The molecule has 9 heteroatoms. The Kier molecular flexibility index (Phi) is 6.93. The minimum atomic E-state index is -0.618. The first kappa shape index (κ1) is 24.2. The third-order valence-electron chi connectivity index (χ3n) is 5.92. The second-order valence-corrected chi connectivity index (χ2v) is 10.6. The average molecular weight is 465 g/mol. The summed E-state index contributed by atoms with van der Waals surface area (Å²) in [6.45, 7) is 10.4. The molecule has 4 amide bonds. The first-order chi connectivity index (χ1) is 14.9. The van der Waals surface area contributed by atoms with Gasteiger partial charge in [-0.2, -0.15) is 0 Å². The summed E-state index contributed by atoms with van der Waals surface area (Å²) in [5.41, 5.74) is -0.0839. The fourth-order valence-electron chi connectivity index (χ4n) is 4.40. The minimum absolute atomic E-state index is 0.0823. The third-order valence-corrected chi connectivity index (χ3v) is 6.17. The van der Waals surface area contributed by atoms with Gasteiger partial charge in [0.2, 0.25) is 5.91 Å². The van der Waals surface area contributed by atoms with Crippen molar-refractivity contribution in [3.63, 3.8) is 0 Å². The van der Waals surface area contributed by atoms with Crippen molar-refractivity contribution < 1.29 is 19.1 Å². The van der Waals surface area contributed by atoms with E-state index in [0.29, 0.717) is 24.4 Å². The van der Waals surface area contributed by atoms with Crippen LogP contribution >= 0.6 is 11.6 Å². The lowest BCUT2D eigenvalue weighted by Crippen LogP contribution is -2.56. The van der Waals surface area contributed by atoms with Crippen LogP contribution in [0.2, 0.25) is 5.02 Å². The summed E-state index contributed by atoms with van der Waals surface area (Å²) in [7, 11) is 0. The van der Waals surface area contributed by atoms with Crippen LogP contribution in [0.1, 0.15) is 59.1 Å². The molecule has 0 radical (unpaired) electrons. The van der Waals surface area contributed by atoms with E-state index in [1.165, 1.54) is 0 Å². The number of piperidine rings is 1. The number of likely N-dealkylation sites (tertiary alicyclic amines) is 1. The molecule has 3 atom stereocenters. The van der Waals surface area contributed by atoms with Crippen molar-refractivity contribution in [1.82, 2.24) is 20.9 Å². The maximum Gasteiger partial charge on any atom is 0.410 e. The number of hydrogen-bond donors (Lipinski definition) is 3. The second-order valence-electron chi connectivity index (χ2n) is 10.1. The predicted octanol–water partition coefficient (Wildman–Crippen LogP) is 3.60. The Morgan fingerprint density at radius 2 is 1.91 bits per heavy atom. The number of carbonyl (C=O) groups excluding carboxylic acids is 3. The molecule has 1 aromatic carbocycles. The van der Waals surface area contributed by atoms with E-state index in [1.807, 2.05) is 46.8 Å². The fraction of sp³-hybridized carbons (Fsp3) is 0.609. The highest BCUT2D eigenvalue weighted by Crippen LogP contribution is 2.39. The second kappa shape index (κ2) is 9.17. The molecule has 0 aromatic heterocycles. The number of nitrogens with one attached hydrogen (secondary N) is 3. The van der Waals surface area contributed by atoms with Gasteiger partial charge in [0.15, 0.2) is 0 Å². The molecule has 176 valence electrons. The molecule has 3 unspecified atom stereocenters. The zero-order chi connectivity index (χ0) is 23.7. The van der Waals surface area contributed by atoms with Crippen molar-refractivity contribution in [2.75, 3.05) is 13.1 Å². The molecular weight excluding hydrogens is 432 g/mol. The summed E-state index contributed by atoms with van der Waals surface area (Å²) in [6.07, 6.45) is 1.05. The molecule has 3 rings (SSSR count). The molecule has 0 bridgehead atoms. The van der Waals surface area contributed by atoms with Gasteiger partial charge in [0.1, 0.15) is 11.6 Å². The predicted molar refractivity (Wildman–Crippen MR) is 122 cm³/mol. The maximum absolute atomic E-state index is 12.9. The molecule has 2 fully saturated rings. The van der Waals surface area contributed by atoms with Crippen molar-refractivity contribution in [2.24, 2.45) is 5.92 Å². The third kappa shape index (κ3) is 5.85. The first-order valence-corrected chi connectivity index (χ1v) is 11.3. The van der Waals surface area contributed by atoms with Gasteiger partial charge in [-0.3, -0.25) is 4.79 Å². The highest BCUT2D eigenvalue weighted by atomic mass is 35.5. The lowest BCUT2D eigenvalue weighted by Gasteiger charge is -2.47. The quantitative estimate of drug-likeness (QED) is 0.633. The van der Waals surface area contributed by atoms with E-state index in [2.05, 4.69) is 16.0 Å². The molecule has 32 heavy (non-hydrogen) atoms. The molecule has 0 aliphatic carbocycles. The number of amides is 4. The number of hydrogen-bond acceptors (Lipinski definition) is 4. The van der Waals surface area contributed by atoms with E-state index in [9.17, 15) is 14.4 Å². The Morgan fingerprint density at radius 3 is 2.44 bits per heavy atom. The lowest BCUT2D eigenvalue weighted by molar-refractivity contribution is -0.124. The summed E-state index contributed by atoms with van der Waals surface area (Å²) in [5, 5.41) is 8.99. The SMILES string of the molecule is CC(C)(C)OC(=O)N1CCC(C(NC(=O)C2CNC(=O)N2)c2ccc(Cl)cc2)CC1(C)C. The molecule has 0 spiro atoms. The van der Waals surface area contributed by atoms with E-state index < -0.39 is 17.2 Å². The Morgan fingerprint density at radius 1 is 1.25 bits per heavy atom. The smallest absolute Gasteiger partial charge is 0.410 e. The Labute approximate surface area is 194 Å². The summed E-state index contributed by atoms with van der Waals surface area (Å²) in [6, 6.07) is 6.17. The summed E-state index contributed by atoms with van der Waals surface area (Å²) in [5.74, 6) is -0.158. The van der Waals surface area contributed by atoms with Crippen LogP contribution in [0.4, 0.5) is 9.59 Å². The van der Waals surface area contributed by atoms with Crippen molar-refractivity contribution in [1.29, 1.82) is 0 Å². The normalized spacial score (nSPS) is 23.7. The van der Waals surface area contributed by atoms with Crippen molar-refractivity contribution in [3.8, 4) is 0 Å². The summed E-state index contributed by atoms with van der Waals surface area (Å²) >= 11 is 6.08. The lowest BCUT2D eigenvalue weighted by atomic mass is 9.77. The maximum atomic E-state index is 12.9. The van der Waals surface area contributed by atoms with Gasteiger partial charge in [-0.15, -0.1) is 0 Å². The Balaban J connectivity index is 1.79. The number of urea groups is 1. The Bertz CT molecular complexity index is 866. The van der Waals surface area contributed by atoms with Crippen molar-refractivity contribution in [3.05, 3.63) is 34.9 Å². The monoisotopic (exact) mass is 464 g/mol. The molecule has 2 aliphatic heterocycles. The fourth-order valence-corrected chi connectivity index (χ4v) is 4.53. The summed E-state index contributed by atoms with van der Waals surface area (Å²) < 4.78 is 5.60. The van der Waals surface area contributed by atoms with Gasteiger partial charge in [-0.05, 0) is 71.1 Å². The molecule has 2 heterocycles. The van der Waals surface area contributed by atoms with Gasteiger partial charge < -0.3 is 25.6 Å². The zero-order valence-corrected chi connectivity index (χ0v) is 20.1. The van der Waals surface area contributed by atoms with Crippen molar-refractivity contribution in [2.45, 2.75) is 70.7 Å². The van der Waals surface area contributed by atoms with Crippen LogP contribution in [0.5, 0.6) is 0 Å².